The molecule has 0 radical (unpaired) electrons. The van der Waals surface area contributed by atoms with Crippen molar-refractivity contribution in [3.63, 3.8) is 0 Å². The maximum atomic E-state index is 5.49. The number of hydrogen-bond donors (Lipinski definition) is 1. The zero-order valence-electron chi connectivity index (χ0n) is 15.8. The van der Waals surface area contributed by atoms with Gasteiger partial charge in [-0.15, -0.1) is 0 Å². The van der Waals surface area contributed by atoms with Gasteiger partial charge in [-0.1, -0.05) is 18.2 Å². The number of likely N-dealkylation sites (tertiary alicyclic amines) is 1. The van der Waals surface area contributed by atoms with E-state index in [1.807, 2.05) is 41.2 Å². The first-order chi connectivity index (χ1) is 13.8. The zero-order valence-corrected chi connectivity index (χ0v) is 15.8. The standard InChI is InChI=1S/C22H24N4O2/c1-2-6-20(7-3-1)26-14-17(12-23-26)13-25-10-4-5-19(15-25)24-18-8-9-21-22(11-18)28-16-27-21/h1-3,6-9,11-12,14,19,24H,4-5,10,13,15-16H2. The maximum absolute atomic E-state index is 5.49. The molecule has 144 valence electrons. The number of aromatic nitrogens is 2. The van der Waals surface area contributed by atoms with Crippen LogP contribution in [0.5, 0.6) is 11.5 Å². The molecule has 5 rings (SSSR count). The van der Waals surface area contributed by atoms with Crippen LogP contribution in [0, 0.1) is 0 Å². The highest BCUT2D eigenvalue weighted by molar-refractivity contribution is 5.56. The van der Waals surface area contributed by atoms with Gasteiger partial charge in [0.1, 0.15) is 0 Å². The number of piperidine rings is 1. The highest BCUT2D eigenvalue weighted by Gasteiger charge is 2.21. The molecule has 1 unspecified atom stereocenters. The molecule has 3 heterocycles. The van der Waals surface area contributed by atoms with E-state index in [2.05, 4.69) is 39.7 Å². The molecule has 0 saturated carbocycles. The molecule has 0 amide bonds. The van der Waals surface area contributed by atoms with Crippen molar-refractivity contribution in [2.24, 2.45) is 0 Å². The summed E-state index contributed by atoms with van der Waals surface area (Å²) in [5.41, 5.74) is 3.43. The Morgan fingerprint density at radius 2 is 1.96 bits per heavy atom. The largest absolute Gasteiger partial charge is 0.454 e. The van der Waals surface area contributed by atoms with Crippen molar-refractivity contribution < 1.29 is 9.47 Å². The van der Waals surface area contributed by atoms with E-state index in [9.17, 15) is 0 Å². The Kier molecular flexibility index (Phi) is 4.62. The fourth-order valence-electron chi connectivity index (χ4n) is 3.96. The normalized spacial score (nSPS) is 18.9. The molecule has 0 bridgehead atoms. The molecule has 0 aliphatic carbocycles. The Morgan fingerprint density at radius 1 is 1.07 bits per heavy atom. The number of rotatable bonds is 5. The van der Waals surface area contributed by atoms with E-state index in [0.29, 0.717) is 12.8 Å². The van der Waals surface area contributed by atoms with Gasteiger partial charge in [0.25, 0.3) is 0 Å². The molecule has 2 aromatic carbocycles. The van der Waals surface area contributed by atoms with Crippen molar-refractivity contribution >= 4 is 5.69 Å². The van der Waals surface area contributed by atoms with E-state index < -0.39 is 0 Å². The molecule has 3 aromatic rings. The van der Waals surface area contributed by atoms with Crippen LogP contribution in [0.3, 0.4) is 0 Å². The summed E-state index contributed by atoms with van der Waals surface area (Å²) < 4.78 is 12.8. The van der Waals surface area contributed by atoms with Gasteiger partial charge in [0.2, 0.25) is 6.79 Å². The first kappa shape index (κ1) is 17.1. The van der Waals surface area contributed by atoms with Gasteiger partial charge < -0.3 is 14.8 Å². The monoisotopic (exact) mass is 376 g/mol. The molecule has 28 heavy (non-hydrogen) atoms. The summed E-state index contributed by atoms with van der Waals surface area (Å²) in [7, 11) is 0. The Balaban J connectivity index is 1.21. The van der Waals surface area contributed by atoms with Crippen LogP contribution in [0.25, 0.3) is 5.69 Å². The van der Waals surface area contributed by atoms with Crippen LogP contribution in [0.2, 0.25) is 0 Å². The summed E-state index contributed by atoms with van der Waals surface area (Å²) in [6.45, 7) is 3.37. The third-order valence-electron chi connectivity index (χ3n) is 5.31. The highest BCUT2D eigenvalue weighted by Crippen LogP contribution is 2.34. The predicted octanol–water partition coefficient (Wildman–Crippen LogP) is 3.68. The number of ether oxygens (including phenoxy) is 2. The van der Waals surface area contributed by atoms with Gasteiger partial charge in [-0.05, 0) is 43.7 Å². The lowest BCUT2D eigenvalue weighted by Crippen LogP contribution is -2.41. The molecule has 0 spiro atoms. The Morgan fingerprint density at radius 3 is 2.89 bits per heavy atom. The summed E-state index contributed by atoms with van der Waals surface area (Å²) >= 11 is 0. The molecule has 2 aliphatic rings. The van der Waals surface area contributed by atoms with Crippen LogP contribution in [0.1, 0.15) is 18.4 Å². The number of nitrogens with one attached hydrogen (secondary N) is 1. The number of hydrogen-bond acceptors (Lipinski definition) is 5. The molecule has 6 heteroatoms. The van der Waals surface area contributed by atoms with Gasteiger partial charge >= 0.3 is 0 Å². The van der Waals surface area contributed by atoms with Crippen LogP contribution in [-0.4, -0.2) is 40.6 Å². The Hall–Kier alpha value is -2.99. The minimum atomic E-state index is 0.312. The topological polar surface area (TPSA) is 51.5 Å². The lowest BCUT2D eigenvalue weighted by molar-refractivity contribution is 0.174. The fourth-order valence-corrected chi connectivity index (χ4v) is 3.96. The molecule has 6 nitrogen and oxygen atoms in total. The van der Waals surface area contributed by atoms with Crippen molar-refractivity contribution in [3.05, 3.63) is 66.5 Å². The van der Waals surface area contributed by atoms with Crippen molar-refractivity contribution in [1.82, 2.24) is 14.7 Å². The number of nitrogens with zero attached hydrogens (tertiary/aromatic N) is 3. The summed E-state index contributed by atoms with van der Waals surface area (Å²) in [5.74, 6) is 1.65. The Bertz CT molecular complexity index is 941. The lowest BCUT2D eigenvalue weighted by atomic mass is 10.0. The van der Waals surface area contributed by atoms with E-state index in [4.69, 9.17) is 9.47 Å². The average molecular weight is 376 g/mol. The summed E-state index contributed by atoms with van der Waals surface area (Å²) in [5, 5.41) is 8.18. The lowest BCUT2D eigenvalue weighted by Gasteiger charge is -2.33. The molecule has 1 saturated heterocycles. The van der Waals surface area contributed by atoms with Crippen LogP contribution in [-0.2, 0) is 6.54 Å². The first-order valence-electron chi connectivity index (χ1n) is 9.81. The van der Waals surface area contributed by atoms with Crippen molar-refractivity contribution in [2.45, 2.75) is 25.4 Å². The van der Waals surface area contributed by atoms with E-state index in [0.717, 1.165) is 42.5 Å². The second-order valence-corrected chi connectivity index (χ2v) is 7.42. The first-order valence-corrected chi connectivity index (χ1v) is 9.81. The van der Waals surface area contributed by atoms with Crippen molar-refractivity contribution in [3.8, 4) is 17.2 Å². The van der Waals surface area contributed by atoms with Gasteiger partial charge in [0, 0.05) is 42.6 Å². The molecule has 1 aromatic heterocycles. The number of anilines is 1. The minimum Gasteiger partial charge on any atom is -0.454 e. The maximum Gasteiger partial charge on any atom is 0.231 e. The summed E-state index contributed by atoms with van der Waals surface area (Å²) in [4.78, 5) is 2.50. The van der Waals surface area contributed by atoms with Gasteiger partial charge in [-0.2, -0.15) is 5.10 Å². The molecule has 1 N–H and O–H groups in total. The minimum absolute atomic E-state index is 0.312. The van der Waals surface area contributed by atoms with Crippen molar-refractivity contribution in [2.75, 3.05) is 25.2 Å². The third-order valence-corrected chi connectivity index (χ3v) is 5.31. The molecule has 1 atom stereocenters. The van der Waals surface area contributed by atoms with E-state index in [-0.39, 0.29) is 0 Å². The highest BCUT2D eigenvalue weighted by atomic mass is 16.7. The summed E-state index contributed by atoms with van der Waals surface area (Å²) in [6.07, 6.45) is 6.47. The van der Waals surface area contributed by atoms with E-state index in [1.54, 1.807) is 0 Å². The second-order valence-electron chi connectivity index (χ2n) is 7.42. The molecular formula is C22H24N4O2. The molecule has 1 fully saturated rings. The van der Waals surface area contributed by atoms with Crippen LogP contribution < -0.4 is 14.8 Å². The van der Waals surface area contributed by atoms with Crippen molar-refractivity contribution in [1.29, 1.82) is 0 Å². The van der Waals surface area contributed by atoms with Crippen LogP contribution in [0.4, 0.5) is 5.69 Å². The number of fused-ring (bicyclic) bond motifs is 1. The molecule has 2 aliphatic heterocycles. The average Bonchev–Trinajstić information content (AvgIpc) is 3.38. The van der Waals surface area contributed by atoms with Gasteiger partial charge in [-0.3, -0.25) is 4.90 Å². The van der Waals surface area contributed by atoms with Gasteiger partial charge in [0.15, 0.2) is 11.5 Å². The fraction of sp³-hybridized carbons (Fsp3) is 0.318. The quantitative estimate of drug-likeness (QED) is 0.736. The summed E-state index contributed by atoms with van der Waals surface area (Å²) in [6, 6.07) is 16.7. The second kappa shape index (κ2) is 7.56. The third kappa shape index (κ3) is 3.68. The number of benzene rings is 2. The molecular weight excluding hydrogens is 352 g/mol. The SMILES string of the molecule is c1ccc(-n2cc(CN3CCCC(Nc4ccc5c(c4)OCO5)C3)cn2)cc1. The Labute approximate surface area is 164 Å². The van der Waals surface area contributed by atoms with Crippen LogP contribution in [0.15, 0.2) is 60.9 Å². The van der Waals surface area contributed by atoms with Gasteiger partial charge in [-0.25, -0.2) is 4.68 Å². The van der Waals surface area contributed by atoms with Gasteiger partial charge in [0.05, 0.1) is 11.9 Å². The smallest absolute Gasteiger partial charge is 0.231 e. The van der Waals surface area contributed by atoms with Crippen LogP contribution >= 0.6 is 0 Å². The zero-order chi connectivity index (χ0) is 18.8. The van der Waals surface area contributed by atoms with E-state index in [1.165, 1.54) is 18.4 Å². The predicted molar refractivity (Wildman–Crippen MR) is 108 cm³/mol. The van der Waals surface area contributed by atoms with E-state index >= 15 is 0 Å². The number of para-hydroxylation sites is 1.